The van der Waals surface area contributed by atoms with Gasteiger partial charge < -0.3 is 0 Å². The molecule has 0 saturated heterocycles. The van der Waals surface area contributed by atoms with Crippen LogP contribution in [0.2, 0.25) is 0 Å². The van der Waals surface area contributed by atoms with Crippen LogP contribution in [-0.2, 0) is 0 Å². The highest BCUT2D eigenvalue weighted by Crippen LogP contribution is 2.50. The number of rotatable bonds is 12. The van der Waals surface area contributed by atoms with Crippen molar-refractivity contribution in [1.29, 1.82) is 0 Å². The van der Waals surface area contributed by atoms with Crippen molar-refractivity contribution < 1.29 is 0 Å². The zero-order valence-electron chi connectivity index (χ0n) is 74.7. The van der Waals surface area contributed by atoms with Crippen LogP contribution in [0.25, 0.3) is 264 Å². The fourth-order valence-corrected chi connectivity index (χ4v) is 19.8. The minimum absolute atomic E-state index is 0.616. The van der Waals surface area contributed by atoms with Crippen LogP contribution in [0.3, 0.4) is 0 Å². The van der Waals surface area contributed by atoms with Crippen LogP contribution >= 0.6 is 0 Å². The molecule has 0 fully saturated rings. The molecule has 25 aromatic rings. The highest BCUT2D eigenvalue weighted by atomic mass is 15.1. The van der Waals surface area contributed by atoms with Gasteiger partial charge >= 0.3 is 0 Å². The molecule has 0 aliphatic carbocycles. The van der Waals surface area contributed by atoms with Crippen molar-refractivity contribution >= 4 is 43.9 Å². The summed E-state index contributed by atoms with van der Waals surface area (Å²) in [5, 5.41) is 2.33. The van der Waals surface area contributed by atoms with Gasteiger partial charge in [0.15, 0.2) is 52.4 Å². The lowest BCUT2D eigenvalue weighted by Gasteiger charge is -2.14. The maximum atomic E-state index is 5.24. The third-order valence-electron chi connectivity index (χ3n) is 26.2. The summed E-state index contributed by atoms with van der Waals surface area (Å²) in [4.78, 5) is 60.1. The molecule has 0 N–H and O–H groups in total. The van der Waals surface area contributed by atoms with E-state index >= 15 is 0 Å². The second-order valence-corrected chi connectivity index (χ2v) is 34.6. The van der Waals surface area contributed by atoms with Gasteiger partial charge in [-0.1, -0.05) is 419 Å². The van der Waals surface area contributed by atoms with E-state index in [-0.39, 0.29) is 0 Å². The Morgan fingerprint density at radius 3 is 0.655 bits per heavy atom. The van der Waals surface area contributed by atoms with E-state index in [1.165, 1.54) is 72.1 Å². The Kier molecular flexibility index (Phi) is 19.8. The summed E-state index contributed by atoms with van der Waals surface area (Å²) in [6, 6.07) is 161. The number of hydrogen-bond acceptors (Lipinski definition) is 12. The van der Waals surface area contributed by atoms with E-state index < -0.39 is 0 Å². The highest BCUT2D eigenvalue weighted by molar-refractivity contribution is 6.07. The lowest BCUT2D eigenvalue weighted by atomic mass is 9.94. The third-order valence-corrected chi connectivity index (χ3v) is 26.2. The van der Waals surface area contributed by atoms with Gasteiger partial charge in [-0.25, -0.2) is 59.8 Å². The van der Waals surface area contributed by atoms with Crippen LogP contribution in [0.1, 0.15) is 0 Å². The van der Waals surface area contributed by atoms with E-state index in [0.717, 1.165) is 140 Å². The number of para-hydroxylation sites is 6. The van der Waals surface area contributed by atoms with E-state index in [1.54, 1.807) is 0 Å². The monoisotopic (exact) mass is 1780 g/mol. The van der Waals surface area contributed by atoms with E-state index in [9.17, 15) is 0 Å². The van der Waals surface area contributed by atoms with Gasteiger partial charge in [-0.15, -0.1) is 0 Å². The summed E-state index contributed by atoms with van der Waals surface area (Å²) in [5.41, 5.74) is 35.4. The largest absolute Gasteiger partial charge is 0.291 e. The number of benzene rings is 19. The van der Waals surface area contributed by atoms with E-state index in [0.29, 0.717) is 52.4 Å². The Balaban J connectivity index is 0.000000108. The first-order valence-electron chi connectivity index (χ1n) is 46.4. The minimum Gasteiger partial charge on any atom is -0.291 e. The fraction of sp³-hybridized carbons (Fsp3) is 0. The average Bonchev–Trinajstić information content (AvgIpc) is 1.58. The molecule has 0 radical (unpaired) electrons. The Bertz CT molecular complexity index is 9000. The SMILES string of the molecule is c1ccc(-c2nc(-c3ccc(-c4nc5cccc6c5n4-c4ccccc4-c4ccccc4-6)cc3)nc(-c3ccc4ccccc4c3)n2)cc1.c1ccc(-c2nc(-c3ccccc3)nc(-c3ccc(-c4nc5cccc6c5n4-c4ccccc4-c4ccccc4-6)cc3)n2)cc1.c1ccc(-c2nc(-c3ccccc3)nc(-c3cccc(-c4nc5cccc6c5n4-c4ccccc4-c4ccccc4-6)c3)n2)cc1. The Morgan fingerprint density at radius 2 is 0.331 bits per heavy atom. The van der Waals surface area contributed by atoms with Crippen LogP contribution < -0.4 is 0 Å². The first-order chi connectivity index (χ1) is 68.9. The molecular formula is C124H77N15. The molecule has 139 heavy (non-hydrogen) atoms. The highest BCUT2D eigenvalue weighted by Gasteiger charge is 2.31. The van der Waals surface area contributed by atoms with Crippen LogP contribution in [0.15, 0.2) is 467 Å². The molecule has 0 saturated carbocycles. The van der Waals surface area contributed by atoms with E-state index in [2.05, 4.69) is 329 Å². The maximum Gasteiger partial charge on any atom is 0.164 e. The second kappa shape index (κ2) is 34.2. The average molecular weight is 1780 g/mol. The third kappa shape index (κ3) is 14.5. The van der Waals surface area contributed by atoms with Gasteiger partial charge in [0.05, 0.1) is 50.2 Å². The van der Waals surface area contributed by atoms with Crippen molar-refractivity contribution in [2.75, 3.05) is 0 Å². The normalized spacial score (nSPS) is 11.6. The lowest BCUT2D eigenvalue weighted by molar-refractivity contribution is 1.07. The van der Waals surface area contributed by atoms with Gasteiger partial charge in [0.25, 0.3) is 0 Å². The van der Waals surface area contributed by atoms with Crippen LogP contribution in [-0.4, -0.2) is 73.5 Å². The molecule has 15 heteroatoms. The lowest BCUT2D eigenvalue weighted by Crippen LogP contribution is -2.01. The quantitative estimate of drug-likeness (QED) is 0.114. The maximum absolute atomic E-state index is 5.24. The summed E-state index contributed by atoms with van der Waals surface area (Å²) in [6.07, 6.45) is 0. The van der Waals surface area contributed by atoms with Crippen LogP contribution in [0, 0.1) is 0 Å². The van der Waals surface area contributed by atoms with Crippen molar-refractivity contribution in [3.8, 4) is 220 Å². The van der Waals surface area contributed by atoms with Gasteiger partial charge in [0.2, 0.25) is 0 Å². The molecule has 15 nitrogen and oxygen atoms in total. The Labute approximate surface area is 799 Å². The van der Waals surface area contributed by atoms with Crippen molar-refractivity contribution in [3.63, 3.8) is 0 Å². The number of fused-ring (bicyclic) bond motifs is 16. The Morgan fingerprint density at radius 1 is 0.122 bits per heavy atom. The van der Waals surface area contributed by atoms with E-state index in [4.69, 9.17) is 59.8 Å². The van der Waals surface area contributed by atoms with Crippen LogP contribution in [0.4, 0.5) is 0 Å². The van der Waals surface area contributed by atoms with Gasteiger partial charge in [-0.3, -0.25) is 13.7 Å². The zero-order chi connectivity index (χ0) is 91.8. The summed E-state index contributed by atoms with van der Waals surface area (Å²) in [7, 11) is 0. The summed E-state index contributed by atoms with van der Waals surface area (Å²) < 4.78 is 6.96. The van der Waals surface area contributed by atoms with Crippen molar-refractivity contribution in [1.82, 2.24) is 73.5 Å². The molecule has 28 rings (SSSR count). The smallest absolute Gasteiger partial charge is 0.164 e. The molecule has 0 spiro atoms. The Hall–Kier alpha value is -19.1. The molecule has 0 unspecified atom stereocenters. The minimum atomic E-state index is 0.616. The molecule has 648 valence electrons. The van der Waals surface area contributed by atoms with Crippen molar-refractivity contribution in [2.24, 2.45) is 0 Å². The number of imidazole rings is 3. The van der Waals surface area contributed by atoms with Gasteiger partial charge in [-0.05, 0) is 92.7 Å². The number of hydrogen-bond donors (Lipinski definition) is 0. The van der Waals surface area contributed by atoms with Gasteiger partial charge in [-0.2, -0.15) is 0 Å². The summed E-state index contributed by atoms with van der Waals surface area (Å²) >= 11 is 0. The standard InChI is InChI=1S/C44H27N5.2C40H25N5/c1-2-12-29(13-3-1)41-46-42(48-43(47-41)33-26-21-28-11-4-5-14-32(28)27-33)30-22-24-31(25-23-30)44-45-38-19-10-18-37-35-16-7-6-15-34(35)36-17-8-9-20-39(36)49(44)40(37)38;1-3-13-26(14-4-1)37-42-38(27-15-5-2-6-16-27)44-39(43-37)28-17-11-18-29(25-28)40-41-34-23-12-22-33-31-20-8-7-19-30(31)32-21-9-10-24-35(32)45(40)36(33)34;1-3-12-26(13-4-1)37-42-38(27-14-5-2-6-15-27)44-39(43-37)28-22-24-29(25-23-28)40-41-34-20-11-19-33-31-17-8-7-16-30(31)32-18-9-10-21-35(32)45(40)36(33)34/h1-27H;2*1-25H. The molecule has 19 aromatic carbocycles. The second-order valence-electron chi connectivity index (χ2n) is 34.6. The first kappa shape index (κ1) is 80.7. The predicted molar refractivity (Wildman–Crippen MR) is 559 cm³/mol. The molecule has 0 atom stereocenters. The molecule has 9 heterocycles. The van der Waals surface area contributed by atoms with Gasteiger partial charge in [0.1, 0.15) is 17.5 Å². The van der Waals surface area contributed by atoms with Crippen molar-refractivity contribution in [3.05, 3.63) is 467 Å². The molecule has 0 amide bonds. The number of nitrogens with zero attached hydrogens (tertiary/aromatic N) is 15. The molecular weight excluding hydrogens is 1700 g/mol. The summed E-state index contributed by atoms with van der Waals surface area (Å²) in [6.45, 7) is 0. The van der Waals surface area contributed by atoms with E-state index in [1.807, 2.05) is 152 Å². The van der Waals surface area contributed by atoms with Crippen LogP contribution in [0.5, 0.6) is 0 Å². The summed E-state index contributed by atoms with van der Waals surface area (Å²) in [5.74, 6) is 8.39. The fourth-order valence-electron chi connectivity index (χ4n) is 19.8. The topological polar surface area (TPSA) is 169 Å². The first-order valence-corrected chi connectivity index (χ1v) is 46.4. The molecule has 3 aliphatic heterocycles. The predicted octanol–water partition coefficient (Wildman–Crippen LogP) is 29.7. The molecule has 3 aliphatic rings. The van der Waals surface area contributed by atoms with Crippen molar-refractivity contribution in [2.45, 2.75) is 0 Å². The zero-order valence-corrected chi connectivity index (χ0v) is 74.7. The molecule has 0 bridgehead atoms. The van der Waals surface area contributed by atoms with Gasteiger partial charge in [0, 0.05) is 100 Å². The number of aromatic nitrogens is 15. The molecule has 6 aromatic heterocycles.